The minimum atomic E-state index is -3.77. The van der Waals surface area contributed by atoms with Gasteiger partial charge in [-0.2, -0.15) is 0 Å². The van der Waals surface area contributed by atoms with Gasteiger partial charge in [-0.05, 0) is 34.1 Å². The number of benzene rings is 1. The van der Waals surface area contributed by atoms with Crippen LogP contribution in [0, 0.1) is 0 Å². The zero-order valence-corrected chi connectivity index (χ0v) is 14.9. The molecule has 0 saturated carbocycles. The number of carboxylic acid groups (broad SMARTS) is 1. The molecular weight excluding hydrogens is 423 g/mol. The van der Waals surface area contributed by atoms with Crippen molar-refractivity contribution in [3.8, 4) is 0 Å². The summed E-state index contributed by atoms with van der Waals surface area (Å²) >= 11 is 16.2. The summed E-state index contributed by atoms with van der Waals surface area (Å²) in [4.78, 5) is 11.5. The number of hydrogen-bond donors (Lipinski definition) is 1. The van der Waals surface area contributed by atoms with Crippen LogP contribution in [0.2, 0.25) is 10.0 Å². The fraction of sp³-hybridized carbons (Fsp3) is 0.0833. The molecule has 1 aromatic heterocycles. The molecule has 2 aromatic rings. The first-order valence-corrected chi connectivity index (χ1v) is 9.47. The molecule has 4 nitrogen and oxygen atoms in total. The highest BCUT2D eigenvalue weighted by Crippen LogP contribution is 2.33. The number of carboxylic acids is 1. The molecule has 0 fully saturated rings. The average molecular weight is 430 g/mol. The van der Waals surface area contributed by atoms with Crippen LogP contribution >= 0.6 is 50.5 Å². The van der Waals surface area contributed by atoms with Gasteiger partial charge in [0.2, 0.25) is 0 Å². The standard InChI is InChI=1S/C12H7BrCl2O4S2/c13-6-3-7(20-4-6)5-21(18,19)9-2-1-8(14)10(11(9)15)12(16)17/h1-4H,5H2,(H,16,17). The van der Waals surface area contributed by atoms with Crippen LogP contribution in [0.3, 0.4) is 0 Å². The van der Waals surface area contributed by atoms with E-state index in [1.807, 2.05) is 0 Å². The fourth-order valence-electron chi connectivity index (χ4n) is 1.66. The second kappa shape index (κ2) is 6.26. The summed E-state index contributed by atoms with van der Waals surface area (Å²) in [6, 6.07) is 4.12. The predicted molar refractivity (Wildman–Crippen MR) is 86.3 cm³/mol. The molecular formula is C12H7BrCl2O4S2. The molecule has 0 radical (unpaired) electrons. The van der Waals surface area contributed by atoms with Gasteiger partial charge in [0.05, 0.1) is 26.3 Å². The van der Waals surface area contributed by atoms with E-state index in [9.17, 15) is 13.2 Å². The van der Waals surface area contributed by atoms with Gasteiger partial charge in [0.1, 0.15) is 0 Å². The predicted octanol–water partition coefficient (Wildman–Crippen LogP) is 4.49. The summed E-state index contributed by atoms with van der Waals surface area (Å²) in [7, 11) is -3.77. The van der Waals surface area contributed by atoms with Crippen molar-refractivity contribution in [2.24, 2.45) is 0 Å². The second-order valence-corrected chi connectivity index (χ2v) is 8.68. The van der Waals surface area contributed by atoms with Crippen LogP contribution in [-0.2, 0) is 15.6 Å². The Morgan fingerprint density at radius 1 is 1.33 bits per heavy atom. The van der Waals surface area contributed by atoms with E-state index in [1.165, 1.54) is 23.5 Å². The van der Waals surface area contributed by atoms with Crippen molar-refractivity contribution in [2.45, 2.75) is 10.6 Å². The Labute approximate surface area is 143 Å². The van der Waals surface area contributed by atoms with Crippen LogP contribution in [-0.4, -0.2) is 19.5 Å². The molecule has 112 valence electrons. The van der Waals surface area contributed by atoms with Gasteiger partial charge in [0.25, 0.3) is 0 Å². The van der Waals surface area contributed by atoms with E-state index in [1.54, 1.807) is 11.4 Å². The lowest BCUT2D eigenvalue weighted by Crippen LogP contribution is -2.08. The summed E-state index contributed by atoms with van der Waals surface area (Å²) in [5.41, 5.74) is -0.410. The molecule has 0 saturated heterocycles. The zero-order valence-electron chi connectivity index (χ0n) is 10.1. The first kappa shape index (κ1) is 16.8. The third kappa shape index (κ3) is 3.60. The molecule has 0 bridgehead atoms. The number of halogens is 3. The van der Waals surface area contributed by atoms with Gasteiger partial charge in [-0.3, -0.25) is 0 Å². The fourth-order valence-corrected chi connectivity index (χ4v) is 5.79. The number of aromatic carboxylic acids is 1. The van der Waals surface area contributed by atoms with Crippen LogP contribution in [0.25, 0.3) is 0 Å². The normalized spacial score (nSPS) is 11.6. The lowest BCUT2D eigenvalue weighted by atomic mass is 10.2. The molecule has 0 aliphatic rings. The van der Waals surface area contributed by atoms with Crippen molar-refractivity contribution in [3.63, 3.8) is 0 Å². The maximum absolute atomic E-state index is 12.4. The van der Waals surface area contributed by atoms with Gasteiger partial charge >= 0.3 is 5.97 Å². The lowest BCUT2D eigenvalue weighted by Gasteiger charge is -2.09. The molecule has 9 heteroatoms. The minimum Gasteiger partial charge on any atom is -0.478 e. The van der Waals surface area contributed by atoms with E-state index >= 15 is 0 Å². The number of rotatable bonds is 4. The Kier molecular flexibility index (Phi) is 4.99. The summed E-state index contributed by atoms with van der Waals surface area (Å²) in [5, 5.41) is 10.3. The van der Waals surface area contributed by atoms with Crippen molar-refractivity contribution >= 4 is 66.3 Å². The second-order valence-electron chi connectivity index (χ2n) is 4.03. The highest BCUT2D eigenvalue weighted by molar-refractivity contribution is 9.10. The first-order valence-electron chi connectivity index (χ1n) is 5.39. The van der Waals surface area contributed by atoms with E-state index in [4.69, 9.17) is 28.3 Å². The summed E-state index contributed by atoms with van der Waals surface area (Å²) in [5.74, 6) is -1.63. The van der Waals surface area contributed by atoms with Crippen molar-refractivity contribution in [2.75, 3.05) is 0 Å². The quantitative estimate of drug-likeness (QED) is 0.776. The van der Waals surface area contributed by atoms with E-state index < -0.39 is 21.4 Å². The number of thiophene rings is 1. The van der Waals surface area contributed by atoms with Crippen LogP contribution in [0.15, 0.2) is 32.9 Å². The minimum absolute atomic E-state index is 0.106. The highest BCUT2D eigenvalue weighted by Gasteiger charge is 2.25. The van der Waals surface area contributed by atoms with Crippen molar-refractivity contribution in [3.05, 3.63) is 48.5 Å². The maximum Gasteiger partial charge on any atom is 0.338 e. The van der Waals surface area contributed by atoms with Gasteiger partial charge in [0, 0.05) is 14.7 Å². The monoisotopic (exact) mass is 428 g/mol. The molecule has 21 heavy (non-hydrogen) atoms. The Morgan fingerprint density at radius 2 is 2.00 bits per heavy atom. The van der Waals surface area contributed by atoms with Gasteiger partial charge in [0.15, 0.2) is 9.84 Å². The van der Waals surface area contributed by atoms with Crippen LogP contribution in [0.1, 0.15) is 15.2 Å². The van der Waals surface area contributed by atoms with Gasteiger partial charge in [-0.25, -0.2) is 13.2 Å². The van der Waals surface area contributed by atoms with Crippen molar-refractivity contribution in [1.82, 2.24) is 0 Å². The molecule has 0 spiro atoms. The Morgan fingerprint density at radius 3 is 2.52 bits per heavy atom. The number of carbonyl (C=O) groups is 1. The lowest BCUT2D eigenvalue weighted by molar-refractivity contribution is 0.0697. The van der Waals surface area contributed by atoms with Gasteiger partial charge in [-0.15, -0.1) is 11.3 Å². The smallest absolute Gasteiger partial charge is 0.338 e. The molecule has 0 unspecified atom stereocenters. The molecule has 0 aliphatic carbocycles. The third-order valence-corrected chi connectivity index (χ3v) is 6.96. The van der Waals surface area contributed by atoms with E-state index in [0.29, 0.717) is 4.88 Å². The van der Waals surface area contributed by atoms with Crippen LogP contribution in [0.4, 0.5) is 0 Å². The SMILES string of the molecule is O=C(O)c1c(Cl)ccc(S(=O)(=O)Cc2cc(Br)cs2)c1Cl. The van der Waals surface area contributed by atoms with Crippen LogP contribution < -0.4 is 0 Å². The van der Waals surface area contributed by atoms with E-state index in [0.717, 1.165) is 4.47 Å². The molecule has 1 aromatic carbocycles. The number of hydrogen-bond acceptors (Lipinski definition) is 4. The van der Waals surface area contributed by atoms with E-state index in [2.05, 4.69) is 15.9 Å². The number of sulfone groups is 1. The zero-order chi connectivity index (χ0) is 15.8. The molecule has 1 N–H and O–H groups in total. The summed E-state index contributed by atoms with van der Waals surface area (Å²) in [6.45, 7) is 0. The first-order chi connectivity index (χ1) is 9.72. The molecule has 0 aliphatic heterocycles. The summed E-state index contributed by atoms with van der Waals surface area (Å²) < 4.78 is 25.6. The average Bonchev–Trinajstić information content (AvgIpc) is 2.72. The van der Waals surface area contributed by atoms with Crippen molar-refractivity contribution in [1.29, 1.82) is 0 Å². The Balaban J connectivity index is 2.50. The third-order valence-electron chi connectivity index (χ3n) is 2.56. The Bertz CT molecular complexity index is 815. The Hall–Kier alpha value is -0.600. The molecule has 1 heterocycles. The van der Waals surface area contributed by atoms with Crippen LogP contribution in [0.5, 0.6) is 0 Å². The largest absolute Gasteiger partial charge is 0.478 e. The van der Waals surface area contributed by atoms with Gasteiger partial charge < -0.3 is 5.11 Å². The maximum atomic E-state index is 12.4. The molecule has 2 rings (SSSR count). The van der Waals surface area contributed by atoms with Gasteiger partial charge in [-0.1, -0.05) is 23.2 Å². The summed E-state index contributed by atoms with van der Waals surface area (Å²) in [6.07, 6.45) is 0. The topological polar surface area (TPSA) is 71.4 Å². The van der Waals surface area contributed by atoms with E-state index in [-0.39, 0.29) is 20.7 Å². The highest BCUT2D eigenvalue weighted by atomic mass is 79.9. The van der Waals surface area contributed by atoms with Crippen molar-refractivity contribution < 1.29 is 18.3 Å². The molecule has 0 amide bonds. The molecule has 0 atom stereocenters.